The van der Waals surface area contributed by atoms with E-state index >= 15 is 0 Å². The van der Waals surface area contributed by atoms with Crippen LogP contribution in [0.2, 0.25) is 5.04 Å². The minimum Gasteiger partial charge on any atom is -0.404 e. The largest absolute Gasteiger partial charge is 0.494 e. The number of Topliss-reactive ketones (excluding diaryl/α,β-unsaturated/α-hetero) is 1. The van der Waals surface area contributed by atoms with Crippen molar-refractivity contribution in [2.24, 2.45) is 0 Å². The fraction of sp³-hybridized carbons (Fsp3) is 0.387. The number of carbonyl (C=O) groups is 1. The third kappa shape index (κ3) is 5.99. The highest BCUT2D eigenvalue weighted by Gasteiger charge is 2.52. The van der Waals surface area contributed by atoms with Crippen molar-refractivity contribution in [3.05, 3.63) is 91.0 Å². The maximum Gasteiger partial charge on any atom is 0.494 e. The zero-order valence-corrected chi connectivity index (χ0v) is 23.7. The maximum absolute atomic E-state index is 12.6. The summed E-state index contributed by atoms with van der Waals surface area (Å²) in [5.74, 6) is -0.0101. The molecule has 0 saturated carbocycles. The van der Waals surface area contributed by atoms with Crippen molar-refractivity contribution in [1.29, 1.82) is 0 Å². The van der Waals surface area contributed by atoms with Crippen LogP contribution in [0.25, 0.3) is 0 Å². The lowest BCUT2D eigenvalue weighted by molar-refractivity contribution is -0.125. The Bertz CT molecular complexity index is 1090. The predicted molar refractivity (Wildman–Crippen MR) is 154 cm³/mol. The smallest absolute Gasteiger partial charge is 0.404 e. The van der Waals surface area contributed by atoms with Gasteiger partial charge in [0.1, 0.15) is 6.10 Å². The molecule has 0 radical (unpaired) electrons. The molecule has 3 atom stereocenters. The second kappa shape index (κ2) is 11.9. The zero-order valence-electron chi connectivity index (χ0n) is 22.7. The Morgan fingerprint density at radius 1 is 0.892 bits per heavy atom. The molecule has 0 unspecified atom stereocenters. The van der Waals surface area contributed by atoms with Crippen LogP contribution in [-0.2, 0) is 18.5 Å². The van der Waals surface area contributed by atoms with Gasteiger partial charge in [0.05, 0.1) is 6.10 Å². The van der Waals surface area contributed by atoms with Gasteiger partial charge in [0.25, 0.3) is 8.32 Å². The first-order chi connectivity index (χ1) is 17.8. The molecule has 1 saturated heterocycles. The minimum absolute atomic E-state index is 0.0101. The predicted octanol–water partition coefficient (Wildman–Crippen LogP) is 4.89. The van der Waals surface area contributed by atoms with Crippen molar-refractivity contribution in [2.45, 2.75) is 77.2 Å². The molecule has 0 spiro atoms. The molecule has 0 N–H and O–H groups in total. The molecule has 0 amide bonds. The van der Waals surface area contributed by atoms with Crippen LogP contribution in [0.3, 0.4) is 0 Å². The molecule has 0 bridgehead atoms. The molecule has 0 aromatic heterocycles. The number of carbonyl (C=O) groups excluding carboxylic acids is 1. The molecule has 3 aromatic carbocycles. The number of ketones is 1. The summed E-state index contributed by atoms with van der Waals surface area (Å²) in [4.78, 5) is 12.6. The van der Waals surface area contributed by atoms with Crippen LogP contribution in [0.15, 0.2) is 91.0 Å². The second-order valence-electron chi connectivity index (χ2n) is 11.0. The topological polar surface area (TPSA) is 44.8 Å². The van der Waals surface area contributed by atoms with E-state index in [1.54, 1.807) is 6.92 Å². The van der Waals surface area contributed by atoms with Gasteiger partial charge in [0, 0.05) is 6.10 Å². The summed E-state index contributed by atoms with van der Waals surface area (Å²) in [5.41, 5.74) is 0.927. The lowest BCUT2D eigenvalue weighted by Gasteiger charge is -2.45. The summed E-state index contributed by atoms with van der Waals surface area (Å²) in [5, 5.41) is 2.38. The molecule has 1 fully saturated rings. The van der Waals surface area contributed by atoms with Crippen LogP contribution in [-0.4, -0.2) is 39.5 Å². The van der Waals surface area contributed by atoms with Gasteiger partial charge in [-0.2, -0.15) is 0 Å². The van der Waals surface area contributed by atoms with Crippen LogP contribution in [0.1, 0.15) is 53.9 Å². The molecule has 194 valence electrons. The van der Waals surface area contributed by atoms with E-state index < -0.39 is 21.5 Å². The highest BCUT2D eigenvalue weighted by Crippen LogP contribution is 2.39. The summed E-state index contributed by atoms with van der Waals surface area (Å²) in [6.45, 7) is 10.7. The van der Waals surface area contributed by atoms with Crippen molar-refractivity contribution in [2.75, 3.05) is 0 Å². The van der Waals surface area contributed by atoms with E-state index in [1.807, 2.05) is 30.3 Å². The lowest BCUT2D eigenvalue weighted by Crippen LogP contribution is -2.67. The Labute approximate surface area is 223 Å². The summed E-state index contributed by atoms with van der Waals surface area (Å²) >= 11 is 0. The Morgan fingerprint density at radius 2 is 1.41 bits per heavy atom. The lowest BCUT2D eigenvalue weighted by atomic mass is 9.79. The Morgan fingerprint density at radius 3 is 1.86 bits per heavy atom. The summed E-state index contributed by atoms with van der Waals surface area (Å²) in [6.07, 6.45) is 1.41. The van der Waals surface area contributed by atoms with E-state index in [0.29, 0.717) is 6.42 Å². The average Bonchev–Trinajstić information content (AvgIpc) is 3.32. The van der Waals surface area contributed by atoms with E-state index in [2.05, 4.69) is 88.4 Å². The van der Waals surface area contributed by atoms with E-state index in [1.165, 1.54) is 10.4 Å². The molecule has 3 aromatic rings. The van der Waals surface area contributed by atoms with Gasteiger partial charge in [-0.1, -0.05) is 125 Å². The molecule has 0 aliphatic carbocycles. The SMILES string of the molecule is CCC[C@H](C[C@H]1OB(c2ccccc2)O[C@@H]1C(C)=O)O[Si](c1ccccc1)(c1ccccc1)C(C)(C)C. The van der Waals surface area contributed by atoms with Crippen molar-refractivity contribution in [3.8, 4) is 0 Å². The molecule has 4 nitrogen and oxygen atoms in total. The van der Waals surface area contributed by atoms with Gasteiger partial charge >= 0.3 is 7.12 Å². The minimum atomic E-state index is -2.73. The van der Waals surface area contributed by atoms with Crippen LogP contribution in [0.4, 0.5) is 0 Å². The molecule has 37 heavy (non-hydrogen) atoms. The Balaban J connectivity index is 1.70. The highest BCUT2D eigenvalue weighted by molar-refractivity contribution is 6.99. The van der Waals surface area contributed by atoms with Gasteiger partial charge in [-0.05, 0) is 40.6 Å². The first-order valence-corrected chi connectivity index (χ1v) is 15.3. The average molecular weight is 515 g/mol. The van der Waals surface area contributed by atoms with E-state index in [-0.39, 0.29) is 23.0 Å². The molecule has 6 heteroatoms. The first kappa shape index (κ1) is 27.5. The molecule has 1 aliphatic heterocycles. The third-order valence-corrected chi connectivity index (χ3v) is 12.3. The van der Waals surface area contributed by atoms with Crippen LogP contribution in [0, 0.1) is 0 Å². The number of hydrogen-bond acceptors (Lipinski definition) is 4. The van der Waals surface area contributed by atoms with Gasteiger partial charge in [-0.3, -0.25) is 4.79 Å². The van der Waals surface area contributed by atoms with Crippen LogP contribution >= 0.6 is 0 Å². The molecular weight excluding hydrogens is 475 g/mol. The highest BCUT2D eigenvalue weighted by atomic mass is 28.4. The van der Waals surface area contributed by atoms with Gasteiger partial charge in [-0.25, -0.2) is 0 Å². The maximum atomic E-state index is 12.6. The van der Waals surface area contributed by atoms with Crippen molar-refractivity contribution < 1.29 is 18.5 Å². The van der Waals surface area contributed by atoms with Crippen molar-refractivity contribution in [1.82, 2.24) is 0 Å². The Hall–Kier alpha value is -2.51. The third-order valence-electron chi connectivity index (χ3n) is 7.24. The number of benzene rings is 3. The van der Waals surface area contributed by atoms with E-state index in [0.717, 1.165) is 18.3 Å². The first-order valence-electron chi connectivity index (χ1n) is 13.4. The number of hydrogen-bond donors (Lipinski definition) is 0. The summed E-state index contributed by atoms with van der Waals surface area (Å²) in [6, 6.07) is 31.2. The zero-order chi connectivity index (χ0) is 26.5. The monoisotopic (exact) mass is 514 g/mol. The standard InChI is InChI=1S/C31H39BO4Si/c1-6-16-26(23-29-30(24(2)33)35-32(34-29)25-17-10-7-11-18-25)36-37(31(3,4)5,27-19-12-8-13-20-27)28-21-14-9-15-22-28/h7-15,17-22,26,29-30H,6,16,23H2,1-5H3/t26-,29-,30-/m1/s1. The van der Waals surface area contributed by atoms with Crippen molar-refractivity contribution >= 4 is 37.1 Å². The van der Waals surface area contributed by atoms with Crippen molar-refractivity contribution in [3.63, 3.8) is 0 Å². The van der Waals surface area contributed by atoms with E-state index in [9.17, 15) is 4.79 Å². The number of rotatable bonds is 10. The molecular formula is C31H39BO4Si. The quantitative estimate of drug-likeness (QED) is 0.362. The summed E-state index contributed by atoms with van der Waals surface area (Å²) in [7, 11) is -3.28. The van der Waals surface area contributed by atoms with Crippen LogP contribution < -0.4 is 15.8 Å². The normalized spacial score (nSPS) is 19.1. The molecule has 1 aliphatic rings. The molecule has 4 rings (SSSR count). The van der Waals surface area contributed by atoms with Crippen LogP contribution in [0.5, 0.6) is 0 Å². The van der Waals surface area contributed by atoms with Gasteiger partial charge in [-0.15, -0.1) is 0 Å². The second-order valence-corrected chi connectivity index (χ2v) is 15.3. The summed E-state index contributed by atoms with van der Waals surface area (Å²) < 4.78 is 20.0. The molecule has 1 heterocycles. The van der Waals surface area contributed by atoms with Gasteiger partial charge in [0.2, 0.25) is 0 Å². The van der Waals surface area contributed by atoms with E-state index in [4.69, 9.17) is 13.7 Å². The fourth-order valence-corrected chi connectivity index (χ4v) is 10.3. The fourth-order valence-electron chi connectivity index (χ4n) is 5.53. The Kier molecular flexibility index (Phi) is 8.86. The van der Waals surface area contributed by atoms with Gasteiger partial charge in [0.15, 0.2) is 5.78 Å². The van der Waals surface area contributed by atoms with Gasteiger partial charge < -0.3 is 13.7 Å².